The maximum absolute atomic E-state index is 12.5. The van der Waals surface area contributed by atoms with Crippen LogP contribution >= 0.6 is 0 Å². The van der Waals surface area contributed by atoms with Crippen LogP contribution in [0.5, 0.6) is 0 Å². The lowest BCUT2D eigenvalue weighted by atomic mass is 9.92. The molecule has 1 aromatic rings. The number of rotatable bonds is 4. The second-order valence-electron chi connectivity index (χ2n) is 4.96. The molecule has 0 saturated carbocycles. The number of nitrogens with one attached hydrogen (secondary N) is 2. The third kappa shape index (κ3) is 2.38. The molecule has 2 rings (SSSR count). The molecule has 0 aromatic carbocycles. The van der Waals surface area contributed by atoms with E-state index in [1.54, 1.807) is 4.90 Å². The highest BCUT2D eigenvalue weighted by Crippen LogP contribution is 2.25. The molecule has 1 fully saturated rings. The highest BCUT2D eigenvalue weighted by Gasteiger charge is 2.40. The number of hydrogen-bond donors (Lipinski definition) is 2. The molecule has 1 saturated heterocycles. The number of carbonyl (C=O) groups excluding carboxylic acids is 1. The summed E-state index contributed by atoms with van der Waals surface area (Å²) in [5.41, 5.74) is -0.375. The molecule has 0 bridgehead atoms. The first kappa shape index (κ1) is 13.0. The van der Waals surface area contributed by atoms with Crippen LogP contribution in [0.3, 0.4) is 0 Å². The zero-order valence-electron chi connectivity index (χ0n) is 11.3. The molecule has 0 aliphatic carbocycles. The predicted molar refractivity (Wildman–Crippen MR) is 67.9 cm³/mol. The molecule has 2 N–H and O–H groups in total. The van der Waals surface area contributed by atoms with Gasteiger partial charge in [0.25, 0.3) is 0 Å². The molecule has 6 heteroatoms. The van der Waals surface area contributed by atoms with Gasteiger partial charge in [0.2, 0.25) is 5.91 Å². The zero-order chi connectivity index (χ0) is 13.2. The van der Waals surface area contributed by atoms with E-state index >= 15 is 0 Å². The normalized spacial score (nSPS) is 23.3. The average Bonchev–Trinajstić information content (AvgIpc) is 2.98. The largest absolute Gasteiger partial charge is 0.337 e. The molecule has 1 aliphatic heterocycles. The summed E-state index contributed by atoms with van der Waals surface area (Å²) >= 11 is 0. The number of likely N-dealkylation sites (N-methyl/N-ethyl adjacent to an activating group) is 1. The van der Waals surface area contributed by atoms with E-state index in [0.717, 1.165) is 31.6 Å². The van der Waals surface area contributed by atoms with Gasteiger partial charge in [-0.25, -0.2) is 4.98 Å². The number of aromatic nitrogens is 3. The average molecular weight is 251 g/mol. The van der Waals surface area contributed by atoms with Crippen LogP contribution in [0.4, 0.5) is 0 Å². The molecule has 18 heavy (non-hydrogen) atoms. The Morgan fingerprint density at radius 1 is 1.56 bits per heavy atom. The summed E-state index contributed by atoms with van der Waals surface area (Å²) in [6.07, 6.45) is 2.80. The van der Waals surface area contributed by atoms with Crippen LogP contribution in [0.25, 0.3) is 0 Å². The summed E-state index contributed by atoms with van der Waals surface area (Å²) in [6, 6.07) is 0. The quantitative estimate of drug-likeness (QED) is 0.822. The molecular weight excluding hydrogens is 230 g/mol. The summed E-state index contributed by atoms with van der Waals surface area (Å²) in [5.74, 6) is 1.58. The second kappa shape index (κ2) is 5.06. The number of nitrogens with zero attached hydrogens (tertiary/aromatic N) is 3. The van der Waals surface area contributed by atoms with Crippen molar-refractivity contribution in [3.05, 3.63) is 11.6 Å². The van der Waals surface area contributed by atoms with Gasteiger partial charge in [-0.1, -0.05) is 6.92 Å². The Labute approximate surface area is 107 Å². The third-order valence-electron chi connectivity index (χ3n) is 3.63. The van der Waals surface area contributed by atoms with Crippen molar-refractivity contribution in [2.45, 2.75) is 45.2 Å². The Morgan fingerprint density at radius 3 is 2.83 bits per heavy atom. The number of carbonyl (C=O) groups is 1. The topological polar surface area (TPSA) is 73.9 Å². The fourth-order valence-corrected chi connectivity index (χ4v) is 2.55. The fraction of sp³-hybridized carbons (Fsp3) is 0.750. The molecule has 1 unspecified atom stereocenters. The van der Waals surface area contributed by atoms with E-state index in [4.69, 9.17) is 0 Å². The van der Waals surface area contributed by atoms with Gasteiger partial charge in [0.15, 0.2) is 5.82 Å². The van der Waals surface area contributed by atoms with Gasteiger partial charge >= 0.3 is 0 Å². The van der Waals surface area contributed by atoms with Crippen LogP contribution < -0.4 is 5.32 Å². The smallest absolute Gasteiger partial charge is 0.243 e. The molecule has 2 heterocycles. The first-order valence-corrected chi connectivity index (χ1v) is 6.46. The van der Waals surface area contributed by atoms with Crippen molar-refractivity contribution < 1.29 is 4.79 Å². The van der Waals surface area contributed by atoms with Crippen molar-refractivity contribution in [3.8, 4) is 0 Å². The van der Waals surface area contributed by atoms with Crippen molar-refractivity contribution in [2.75, 3.05) is 13.6 Å². The maximum Gasteiger partial charge on any atom is 0.243 e. The lowest BCUT2D eigenvalue weighted by molar-refractivity contribution is -0.137. The number of amides is 1. The van der Waals surface area contributed by atoms with Gasteiger partial charge in [0.1, 0.15) is 5.82 Å². The third-order valence-corrected chi connectivity index (χ3v) is 3.63. The molecule has 1 amide bonds. The Morgan fingerprint density at radius 2 is 2.33 bits per heavy atom. The molecule has 100 valence electrons. The van der Waals surface area contributed by atoms with Gasteiger partial charge in [-0.2, -0.15) is 5.10 Å². The molecule has 0 radical (unpaired) electrons. The number of H-pyrrole nitrogens is 1. The molecule has 1 atom stereocenters. The highest BCUT2D eigenvalue weighted by molar-refractivity contribution is 5.86. The van der Waals surface area contributed by atoms with E-state index in [2.05, 4.69) is 27.4 Å². The Balaban J connectivity index is 2.04. The van der Waals surface area contributed by atoms with Crippen molar-refractivity contribution in [2.24, 2.45) is 0 Å². The molecule has 0 spiro atoms. The van der Waals surface area contributed by atoms with E-state index in [9.17, 15) is 4.79 Å². The lowest BCUT2D eigenvalue weighted by Gasteiger charge is -2.31. The maximum atomic E-state index is 12.5. The van der Waals surface area contributed by atoms with Crippen LogP contribution in [0.2, 0.25) is 0 Å². The van der Waals surface area contributed by atoms with Gasteiger partial charge in [0.05, 0.1) is 12.1 Å². The zero-order valence-corrected chi connectivity index (χ0v) is 11.3. The van der Waals surface area contributed by atoms with E-state index in [1.807, 2.05) is 14.0 Å². The standard InChI is InChI=1S/C12H21N5O/c1-4-12(6-5-7-13-12)11(18)17(3)8-10-14-9(2)15-16-10/h13H,4-8H2,1-3H3,(H,14,15,16). The molecule has 6 nitrogen and oxygen atoms in total. The summed E-state index contributed by atoms with van der Waals surface area (Å²) in [6.45, 7) is 5.28. The van der Waals surface area contributed by atoms with Crippen molar-refractivity contribution in [1.82, 2.24) is 25.4 Å². The first-order valence-electron chi connectivity index (χ1n) is 6.46. The second-order valence-corrected chi connectivity index (χ2v) is 4.96. The fourth-order valence-electron chi connectivity index (χ4n) is 2.55. The van der Waals surface area contributed by atoms with Crippen molar-refractivity contribution >= 4 is 5.91 Å². The minimum Gasteiger partial charge on any atom is -0.337 e. The summed E-state index contributed by atoms with van der Waals surface area (Å²) in [5, 5.41) is 10.2. The van der Waals surface area contributed by atoms with E-state index < -0.39 is 0 Å². The van der Waals surface area contributed by atoms with Gasteiger partial charge in [-0.05, 0) is 32.7 Å². The highest BCUT2D eigenvalue weighted by atomic mass is 16.2. The number of hydrogen-bond acceptors (Lipinski definition) is 4. The molecule has 1 aromatic heterocycles. The van der Waals surface area contributed by atoms with Gasteiger partial charge in [0, 0.05) is 7.05 Å². The van der Waals surface area contributed by atoms with E-state index in [1.165, 1.54) is 0 Å². The van der Waals surface area contributed by atoms with Crippen LogP contribution in [0.15, 0.2) is 0 Å². The van der Waals surface area contributed by atoms with Crippen LogP contribution in [0, 0.1) is 6.92 Å². The molecular formula is C12H21N5O. The lowest BCUT2D eigenvalue weighted by Crippen LogP contribution is -2.53. The van der Waals surface area contributed by atoms with E-state index in [-0.39, 0.29) is 11.4 Å². The number of aryl methyl sites for hydroxylation is 1. The molecule has 1 aliphatic rings. The SMILES string of the molecule is CCC1(C(=O)N(C)Cc2n[nH]c(C)n2)CCCN1. The summed E-state index contributed by atoms with van der Waals surface area (Å²) in [7, 11) is 1.81. The minimum absolute atomic E-state index is 0.143. The van der Waals surface area contributed by atoms with Crippen LogP contribution in [-0.2, 0) is 11.3 Å². The Kier molecular flexibility index (Phi) is 3.65. The number of aromatic amines is 1. The monoisotopic (exact) mass is 251 g/mol. The van der Waals surface area contributed by atoms with Gasteiger partial charge < -0.3 is 10.2 Å². The van der Waals surface area contributed by atoms with Gasteiger partial charge in [-0.15, -0.1) is 0 Å². The predicted octanol–water partition coefficient (Wildman–Crippen LogP) is 0.604. The van der Waals surface area contributed by atoms with E-state index in [0.29, 0.717) is 12.4 Å². The van der Waals surface area contributed by atoms with Crippen molar-refractivity contribution in [3.63, 3.8) is 0 Å². The van der Waals surface area contributed by atoms with Gasteiger partial charge in [-0.3, -0.25) is 9.89 Å². The first-order chi connectivity index (χ1) is 8.57. The van der Waals surface area contributed by atoms with Crippen molar-refractivity contribution in [1.29, 1.82) is 0 Å². The van der Waals surface area contributed by atoms with Crippen LogP contribution in [0.1, 0.15) is 37.8 Å². The summed E-state index contributed by atoms with van der Waals surface area (Å²) in [4.78, 5) is 18.4. The minimum atomic E-state index is -0.375. The summed E-state index contributed by atoms with van der Waals surface area (Å²) < 4.78 is 0. The Bertz CT molecular complexity index is 422. The Hall–Kier alpha value is -1.43. The van der Waals surface area contributed by atoms with Crippen LogP contribution in [-0.4, -0.2) is 45.1 Å².